The Morgan fingerprint density at radius 2 is 2.23 bits per heavy atom. The van der Waals surface area contributed by atoms with Gasteiger partial charge in [-0.3, -0.25) is 4.79 Å². The minimum atomic E-state index is -0.105. The molecule has 1 aromatic heterocycles. The summed E-state index contributed by atoms with van der Waals surface area (Å²) < 4.78 is 5.76. The number of benzene rings is 1. The number of rotatable bonds is 4. The van der Waals surface area contributed by atoms with Crippen molar-refractivity contribution in [2.45, 2.75) is 39.2 Å². The van der Waals surface area contributed by atoms with Gasteiger partial charge in [-0.1, -0.05) is 12.1 Å². The molecule has 1 fully saturated rings. The summed E-state index contributed by atoms with van der Waals surface area (Å²) in [5.74, 6) is 0.340. The molecule has 1 saturated heterocycles. The first-order chi connectivity index (χ1) is 10.6. The molecule has 118 valence electrons. The van der Waals surface area contributed by atoms with Crippen molar-refractivity contribution in [3.63, 3.8) is 0 Å². The quantitative estimate of drug-likeness (QED) is 0.942. The van der Waals surface area contributed by atoms with E-state index in [1.807, 2.05) is 32.0 Å². The molecule has 0 spiro atoms. The lowest BCUT2D eigenvalue weighted by atomic mass is 10.1. The molecular formula is C18H24N2O2. The number of hydrogen-bond acceptors (Lipinski definition) is 3. The van der Waals surface area contributed by atoms with Crippen molar-refractivity contribution in [1.29, 1.82) is 0 Å². The van der Waals surface area contributed by atoms with Crippen LogP contribution in [0.15, 0.2) is 22.6 Å². The molecule has 1 aromatic carbocycles. The summed E-state index contributed by atoms with van der Waals surface area (Å²) >= 11 is 0. The topological polar surface area (TPSA) is 45.5 Å². The number of fused-ring (bicyclic) bond motifs is 1. The molecule has 1 aliphatic rings. The molecule has 0 saturated carbocycles. The van der Waals surface area contributed by atoms with E-state index in [2.05, 4.69) is 17.3 Å². The Labute approximate surface area is 131 Å². The summed E-state index contributed by atoms with van der Waals surface area (Å²) in [6.45, 7) is 5.83. The fourth-order valence-electron chi connectivity index (χ4n) is 3.33. The maximum absolute atomic E-state index is 12.4. The molecule has 1 amide bonds. The van der Waals surface area contributed by atoms with Crippen LogP contribution in [0.4, 0.5) is 0 Å². The Kier molecular flexibility index (Phi) is 4.21. The zero-order chi connectivity index (χ0) is 15.7. The van der Waals surface area contributed by atoms with Gasteiger partial charge in [0, 0.05) is 23.5 Å². The minimum absolute atomic E-state index is 0.105. The predicted molar refractivity (Wildman–Crippen MR) is 88.3 cm³/mol. The third kappa shape index (κ3) is 2.88. The molecule has 4 heteroatoms. The van der Waals surface area contributed by atoms with Gasteiger partial charge in [0.2, 0.25) is 0 Å². The van der Waals surface area contributed by atoms with Crippen LogP contribution in [0.2, 0.25) is 0 Å². The van der Waals surface area contributed by atoms with E-state index in [-0.39, 0.29) is 5.91 Å². The molecule has 0 aliphatic carbocycles. The van der Waals surface area contributed by atoms with Gasteiger partial charge in [-0.15, -0.1) is 0 Å². The van der Waals surface area contributed by atoms with Gasteiger partial charge in [0.15, 0.2) is 5.76 Å². The summed E-state index contributed by atoms with van der Waals surface area (Å²) in [4.78, 5) is 14.7. The molecule has 0 radical (unpaired) electrons. The first-order valence-corrected chi connectivity index (χ1v) is 8.04. The highest BCUT2D eigenvalue weighted by Gasteiger charge is 2.21. The van der Waals surface area contributed by atoms with Crippen LogP contribution in [0.5, 0.6) is 0 Å². The van der Waals surface area contributed by atoms with E-state index in [0.29, 0.717) is 18.3 Å². The fourth-order valence-corrected chi connectivity index (χ4v) is 3.33. The molecule has 1 N–H and O–H groups in total. The summed E-state index contributed by atoms with van der Waals surface area (Å²) in [7, 11) is 2.16. The Morgan fingerprint density at radius 3 is 2.95 bits per heavy atom. The number of aryl methyl sites for hydroxylation is 2. The van der Waals surface area contributed by atoms with Crippen LogP contribution in [-0.4, -0.2) is 37.0 Å². The number of nitrogens with one attached hydrogen (secondary N) is 1. The van der Waals surface area contributed by atoms with Gasteiger partial charge in [0.05, 0.1) is 0 Å². The molecular weight excluding hydrogens is 276 g/mol. The molecule has 0 unspecified atom stereocenters. The van der Waals surface area contributed by atoms with Crippen LogP contribution in [0, 0.1) is 13.8 Å². The average Bonchev–Trinajstić information content (AvgIpc) is 3.03. The van der Waals surface area contributed by atoms with E-state index in [1.165, 1.54) is 19.4 Å². The SMILES string of the molecule is Cc1ccc2c(C)c(C(=O)NCC[C@@H]3CCCN3C)oc2c1. The molecule has 1 atom stereocenters. The first-order valence-electron chi connectivity index (χ1n) is 8.04. The van der Waals surface area contributed by atoms with E-state index < -0.39 is 0 Å². The summed E-state index contributed by atoms with van der Waals surface area (Å²) in [5.41, 5.74) is 2.85. The van der Waals surface area contributed by atoms with Crippen LogP contribution >= 0.6 is 0 Å². The number of nitrogens with zero attached hydrogens (tertiary/aromatic N) is 1. The third-order valence-corrected chi connectivity index (χ3v) is 4.73. The van der Waals surface area contributed by atoms with Gasteiger partial charge in [-0.2, -0.15) is 0 Å². The second kappa shape index (κ2) is 6.13. The Balaban J connectivity index is 1.66. The zero-order valence-corrected chi connectivity index (χ0v) is 13.6. The molecule has 0 bridgehead atoms. The van der Waals surface area contributed by atoms with Gasteiger partial charge >= 0.3 is 0 Å². The highest BCUT2D eigenvalue weighted by atomic mass is 16.3. The van der Waals surface area contributed by atoms with E-state index in [9.17, 15) is 4.79 Å². The standard InChI is InChI=1S/C18H24N2O2/c1-12-6-7-15-13(2)17(22-16(15)11-12)18(21)19-9-8-14-5-4-10-20(14)3/h6-7,11,14H,4-5,8-10H2,1-3H3,(H,19,21)/t14-/m0/s1. The second-order valence-electron chi connectivity index (χ2n) is 6.38. The van der Waals surface area contributed by atoms with Crippen molar-refractivity contribution in [3.8, 4) is 0 Å². The van der Waals surface area contributed by atoms with Gasteiger partial charge in [-0.25, -0.2) is 0 Å². The zero-order valence-electron chi connectivity index (χ0n) is 13.6. The van der Waals surface area contributed by atoms with Crippen molar-refractivity contribution >= 4 is 16.9 Å². The van der Waals surface area contributed by atoms with Crippen LogP contribution in [0.25, 0.3) is 11.0 Å². The smallest absolute Gasteiger partial charge is 0.287 e. The number of likely N-dealkylation sites (tertiary alicyclic amines) is 1. The van der Waals surface area contributed by atoms with Crippen LogP contribution in [-0.2, 0) is 0 Å². The molecule has 2 heterocycles. The van der Waals surface area contributed by atoms with Crippen LogP contribution < -0.4 is 5.32 Å². The average molecular weight is 300 g/mol. The maximum atomic E-state index is 12.4. The molecule has 4 nitrogen and oxygen atoms in total. The molecule has 1 aliphatic heterocycles. The summed E-state index contributed by atoms with van der Waals surface area (Å²) in [5, 5.41) is 4.02. The maximum Gasteiger partial charge on any atom is 0.287 e. The van der Waals surface area contributed by atoms with Gasteiger partial charge in [0.25, 0.3) is 5.91 Å². The first kappa shape index (κ1) is 15.1. The number of hydrogen-bond donors (Lipinski definition) is 1. The van der Waals surface area contributed by atoms with Crippen molar-refractivity contribution in [3.05, 3.63) is 35.1 Å². The Morgan fingerprint density at radius 1 is 1.41 bits per heavy atom. The van der Waals surface area contributed by atoms with Crippen molar-refractivity contribution in [2.24, 2.45) is 0 Å². The molecule has 3 rings (SSSR count). The van der Waals surface area contributed by atoms with Gasteiger partial charge in [0.1, 0.15) is 5.58 Å². The lowest BCUT2D eigenvalue weighted by molar-refractivity contribution is 0.0924. The normalized spacial score (nSPS) is 19.0. The summed E-state index contributed by atoms with van der Waals surface area (Å²) in [6, 6.07) is 6.64. The predicted octanol–water partition coefficient (Wildman–Crippen LogP) is 3.26. The van der Waals surface area contributed by atoms with E-state index in [1.54, 1.807) is 0 Å². The minimum Gasteiger partial charge on any atom is -0.451 e. The Hall–Kier alpha value is -1.81. The third-order valence-electron chi connectivity index (χ3n) is 4.73. The van der Waals surface area contributed by atoms with Gasteiger partial charge in [-0.05, 0) is 58.3 Å². The van der Waals surface area contributed by atoms with Crippen molar-refractivity contribution < 1.29 is 9.21 Å². The van der Waals surface area contributed by atoms with Gasteiger partial charge < -0.3 is 14.6 Å². The number of carbonyl (C=O) groups excluding carboxylic acids is 1. The van der Waals surface area contributed by atoms with E-state index in [4.69, 9.17) is 4.42 Å². The number of carbonyl (C=O) groups is 1. The highest BCUT2D eigenvalue weighted by molar-refractivity contribution is 5.98. The molecule has 2 aromatic rings. The monoisotopic (exact) mass is 300 g/mol. The summed E-state index contributed by atoms with van der Waals surface area (Å²) in [6.07, 6.45) is 3.49. The van der Waals surface area contributed by atoms with Crippen molar-refractivity contribution in [2.75, 3.05) is 20.1 Å². The fraction of sp³-hybridized carbons (Fsp3) is 0.500. The molecule has 22 heavy (non-hydrogen) atoms. The number of furan rings is 1. The number of amides is 1. The lowest BCUT2D eigenvalue weighted by Gasteiger charge is -2.19. The largest absolute Gasteiger partial charge is 0.451 e. The van der Waals surface area contributed by atoms with E-state index in [0.717, 1.165) is 28.5 Å². The Bertz CT molecular complexity index is 690. The van der Waals surface area contributed by atoms with Crippen LogP contribution in [0.1, 0.15) is 40.9 Å². The second-order valence-corrected chi connectivity index (χ2v) is 6.38. The van der Waals surface area contributed by atoms with E-state index >= 15 is 0 Å². The lowest BCUT2D eigenvalue weighted by Crippen LogP contribution is -2.31. The van der Waals surface area contributed by atoms with Crippen molar-refractivity contribution in [1.82, 2.24) is 10.2 Å². The highest BCUT2D eigenvalue weighted by Crippen LogP contribution is 2.26. The van der Waals surface area contributed by atoms with Crippen LogP contribution in [0.3, 0.4) is 0 Å².